The number of nitrogens with zero attached hydrogens (tertiary/aromatic N) is 1. The number of carboxylic acid groups (broad SMARTS) is 1. The van der Waals surface area contributed by atoms with Gasteiger partial charge in [-0.1, -0.05) is 31.2 Å². The fraction of sp³-hybridized carbons (Fsp3) is 0.211. The minimum absolute atomic E-state index is 0.0604. The third kappa shape index (κ3) is 4.21. The number of hydrogen-bond acceptors (Lipinski definition) is 6. The summed E-state index contributed by atoms with van der Waals surface area (Å²) in [5, 5.41) is 9.46. The highest BCUT2D eigenvalue weighted by atomic mass is 32.2. The highest BCUT2D eigenvalue weighted by molar-refractivity contribution is 7.91. The Hall–Kier alpha value is -3.40. The molecule has 0 heterocycles. The van der Waals surface area contributed by atoms with Crippen LogP contribution in [0.2, 0.25) is 0 Å². The standard InChI is InChI=1S/C19H22N4O5S/c1-3-11(16(18(24)25)23-19(22)26)12-9-8-10(2)17(15(12)21)29(27,28)14-7-5-4-6-13(14)20/h4-9,11H,3,20-21H2,1-2H3,(H2,22,26)(H,24,25). The van der Waals surface area contributed by atoms with Crippen molar-refractivity contribution in [3.63, 3.8) is 0 Å². The summed E-state index contributed by atoms with van der Waals surface area (Å²) in [7, 11) is -4.09. The van der Waals surface area contributed by atoms with Crippen LogP contribution in [0, 0.1) is 6.92 Å². The van der Waals surface area contributed by atoms with Gasteiger partial charge in [0.2, 0.25) is 9.84 Å². The summed E-state index contributed by atoms with van der Waals surface area (Å²) < 4.78 is 26.5. The van der Waals surface area contributed by atoms with Crippen LogP contribution in [-0.4, -0.2) is 31.2 Å². The molecule has 0 aliphatic carbocycles. The molecule has 10 heteroatoms. The number of para-hydroxylation sites is 1. The molecule has 0 saturated carbocycles. The van der Waals surface area contributed by atoms with Crippen LogP contribution in [0.15, 0.2) is 51.2 Å². The highest BCUT2D eigenvalue weighted by Crippen LogP contribution is 2.37. The topological polar surface area (TPSA) is 179 Å². The number of rotatable bonds is 6. The van der Waals surface area contributed by atoms with Gasteiger partial charge in [0.1, 0.15) is 5.71 Å². The first kappa shape index (κ1) is 21.9. The Morgan fingerprint density at radius 3 is 2.28 bits per heavy atom. The van der Waals surface area contributed by atoms with E-state index in [1.54, 1.807) is 19.9 Å². The molecule has 154 valence electrons. The van der Waals surface area contributed by atoms with Gasteiger partial charge in [0.25, 0.3) is 0 Å². The van der Waals surface area contributed by atoms with Crippen LogP contribution in [0.5, 0.6) is 0 Å². The second kappa shape index (κ2) is 8.31. The Balaban J connectivity index is 2.78. The van der Waals surface area contributed by atoms with E-state index >= 15 is 0 Å². The fourth-order valence-corrected chi connectivity index (χ4v) is 4.93. The number of hydrogen-bond donors (Lipinski definition) is 4. The van der Waals surface area contributed by atoms with Crippen molar-refractivity contribution >= 4 is 38.9 Å². The number of carbonyl (C=O) groups excluding carboxylic acids is 1. The molecular weight excluding hydrogens is 396 g/mol. The third-order valence-corrected chi connectivity index (χ3v) is 6.50. The summed E-state index contributed by atoms with van der Waals surface area (Å²) in [6.45, 7) is 3.23. The second-order valence-electron chi connectivity index (χ2n) is 6.36. The number of nitrogens with two attached hydrogens (primary N) is 3. The maximum atomic E-state index is 13.3. The lowest BCUT2D eigenvalue weighted by molar-refractivity contribution is -0.129. The lowest BCUT2D eigenvalue weighted by Crippen LogP contribution is -2.26. The molecule has 2 rings (SSSR count). The van der Waals surface area contributed by atoms with Crippen molar-refractivity contribution in [3.8, 4) is 0 Å². The maximum absolute atomic E-state index is 13.3. The number of anilines is 2. The molecule has 0 fully saturated rings. The SMILES string of the molecule is CCC(C(=NC(N)=O)C(=O)O)c1ccc(C)c(S(=O)(=O)c2ccccc2N)c1N. The number of nitrogen functional groups attached to an aromatic ring is 2. The number of aliphatic imine (C=N–C) groups is 1. The second-order valence-corrected chi connectivity index (χ2v) is 8.21. The van der Waals surface area contributed by atoms with E-state index in [0.717, 1.165) is 0 Å². The number of primary amides is 1. The van der Waals surface area contributed by atoms with E-state index < -0.39 is 33.5 Å². The van der Waals surface area contributed by atoms with Gasteiger partial charge in [0.05, 0.1) is 21.2 Å². The Labute approximate surface area is 168 Å². The van der Waals surface area contributed by atoms with E-state index in [-0.39, 0.29) is 33.2 Å². The average molecular weight is 418 g/mol. The van der Waals surface area contributed by atoms with Crippen molar-refractivity contribution in [2.45, 2.75) is 36.0 Å². The summed E-state index contributed by atoms with van der Waals surface area (Å²) in [5.74, 6) is -2.39. The lowest BCUT2D eigenvalue weighted by atomic mass is 9.89. The fourth-order valence-electron chi connectivity index (χ4n) is 3.17. The van der Waals surface area contributed by atoms with E-state index in [2.05, 4.69) is 4.99 Å². The van der Waals surface area contributed by atoms with Crippen LogP contribution in [0.3, 0.4) is 0 Å². The number of urea groups is 1. The third-order valence-electron chi connectivity index (χ3n) is 4.47. The van der Waals surface area contributed by atoms with Crippen molar-refractivity contribution in [1.82, 2.24) is 0 Å². The number of carboxylic acids is 1. The number of benzene rings is 2. The largest absolute Gasteiger partial charge is 0.477 e. The highest BCUT2D eigenvalue weighted by Gasteiger charge is 2.31. The number of aryl methyl sites for hydroxylation is 1. The molecule has 0 aromatic heterocycles. The van der Waals surface area contributed by atoms with Crippen LogP contribution in [0.25, 0.3) is 0 Å². The molecule has 0 bridgehead atoms. The van der Waals surface area contributed by atoms with Crippen LogP contribution in [-0.2, 0) is 14.6 Å². The summed E-state index contributed by atoms with van der Waals surface area (Å²) in [4.78, 5) is 25.9. The molecule has 0 spiro atoms. The summed E-state index contributed by atoms with van der Waals surface area (Å²) in [6, 6.07) is 7.83. The zero-order chi connectivity index (χ0) is 21.9. The van der Waals surface area contributed by atoms with Gasteiger partial charge in [0, 0.05) is 5.92 Å². The quantitative estimate of drug-likeness (QED) is 0.409. The summed E-state index contributed by atoms with van der Waals surface area (Å²) in [6.07, 6.45) is 0.193. The van der Waals surface area contributed by atoms with Crippen molar-refractivity contribution in [1.29, 1.82) is 0 Å². The van der Waals surface area contributed by atoms with Gasteiger partial charge in [-0.15, -0.1) is 0 Å². The van der Waals surface area contributed by atoms with Gasteiger partial charge in [-0.25, -0.2) is 18.0 Å². The zero-order valence-electron chi connectivity index (χ0n) is 15.9. The molecule has 7 N–H and O–H groups in total. The first-order chi connectivity index (χ1) is 13.5. The molecule has 9 nitrogen and oxygen atoms in total. The number of carbonyl (C=O) groups is 2. The van der Waals surface area contributed by atoms with Gasteiger partial charge < -0.3 is 22.3 Å². The minimum Gasteiger partial charge on any atom is -0.477 e. The minimum atomic E-state index is -4.09. The van der Waals surface area contributed by atoms with Gasteiger partial charge in [0.15, 0.2) is 0 Å². The Morgan fingerprint density at radius 1 is 1.14 bits per heavy atom. The van der Waals surface area contributed by atoms with E-state index in [0.29, 0.717) is 5.56 Å². The zero-order valence-corrected chi connectivity index (χ0v) is 16.7. The lowest BCUT2D eigenvalue weighted by Gasteiger charge is -2.21. The molecular formula is C19H22N4O5S. The van der Waals surface area contributed by atoms with E-state index in [1.165, 1.54) is 30.3 Å². The summed E-state index contributed by atoms with van der Waals surface area (Å²) >= 11 is 0. The average Bonchev–Trinajstić information content (AvgIpc) is 2.62. The number of sulfone groups is 1. The normalized spacial score (nSPS) is 13.1. The monoisotopic (exact) mass is 418 g/mol. The molecule has 0 aliphatic rings. The molecule has 29 heavy (non-hydrogen) atoms. The molecule has 1 unspecified atom stereocenters. The first-order valence-corrected chi connectivity index (χ1v) is 10.1. The van der Waals surface area contributed by atoms with Crippen LogP contribution >= 0.6 is 0 Å². The van der Waals surface area contributed by atoms with Gasteiger partial charge in [-0.05, 0) is 36.6 Å². The number of amides is 2. The predicted molar refractivity (Wildman–Crippen MR) is 110 cm³/mol. The Morgan fingerprint density at radius 2 is 1.76 bits per heavy atom. The van der Waals surface area contributed by atoms with Crippen LogP contribution in [0.4, 0.5) is 16.2 Å². The van der Waals surface area contributed by atoms with Gasteiger partial charge in [-0.2, -0.15) is 4.99 Å². The van der Waals surface area contributed by atoms with Gasteiger partial charge in [-0.3, -0.25) is 0 Å². The van der Waals surface area contributed by atoms with E-state index in [1.807, 2.05) is 0 Å². The van der Waals surface area contributed by atoms with Crippen molar-refractivity contribution < 1.29 is 23.1 Å². The Kier molecular flexibility index (Phi) is 6.28. The number of aliphatic carboxylic acids is 1. The van der Waals surface area contributed by atoms with E-state index in [4.69, 9.17) is 17.2 Å². The molecule has 0 radical (unpaired) electrons. The molecule has 2 aromatic carbocycles. The van der Waals surface area contributed by atoms with Crippen LogP contribution in [0.1, 0.15) is 30.4 Å². The molecule has 0 aliphatic heterocycles. The maximum Gasteiger partial charge on any atom is 0.351 e. The van der Waals surface area contributed by atoms with Gasteiger partial charge >= 0.3 is 12.0 Å². The Bertz CT molecular complexity index is 1110. The summed E-state index contributed by atoms with van der Waals surface area (Å²) in [5.41, 5.74) is 17.1. The van der Waals surface area contributed by atoms with E-state index in [9.17, 15) is 23.1 Å². The molecule has 1 atom stereocenters. The predicted octanol–water partition coefficient (Wildman–Crippen LogP) is 2.09. The molecule has 0 saturated heterocycles. The van der Waals surface area contributed by atoms with Crippen molar-refractivity contribution in [3.05, 3.63) is 47.5 Å². The molecule has 2 amide bonds. The molecule has 2 aromatic rings. The van der Waals surface area contributed by atoms with Crippen LogP contribution < -0.4 is 17.2 Å². The van der Waals surface area contributed by atoms with Crippen molar-refractivity contribution in [2.75, 3.05) is 11.5 Å². The van der Waals surface area contributed by atoms with Crippen molar-refractivity contribution in [2.24, 2.45) is 10.7 Å². The first-order valence-electron chi connectivity index (χ1n) is 8.62. The smallest absolute Gasteiger partial charge is 0.351 e.